The zero-order valence-corrected chi connectivity index (χ0v) is 17.3. The molecule has 0 radical (unpaired) electrons. The van der Waals surface area contributed by atoms with E-state index in [9.17, 15) is 23.3 Å². The van der Waals surface area contributed by atoms with E-state index in [1.807, 2.05) is 18.2 Å². The van der Waals surface area contributed by atoms with Gasteiger partial charge < -0.3 is 4.90 Å². The monoisotopic (exact) mass is 429 g/mol. The highest BCUT2D eigenvalue weighted by molar-refractivity contribution is 7.89. The van der Waals surface area contributed by atoms with E-state index < -0.39 is 20.6 Å². The molecule has 2 aromatic rings. The Balaban J connectivity index is 1.48. The molecule has 158 valence electrons. The SMILES string of the molecule is O=C([C@H]1CCCc2ccccc21)N1CCN(S(=O)(=O)c2ccccc2[N+](=O)[O-])CC1. The summed E-state index contributed by atoms with van der Waals surface area (Å²) in [5.41, 5.74) is 1.85. The molecule has 4 rings (SSSR count). The molecule has 1 aliphatic carbocycles. The maximum atomic E-state index is 13.2. The van der Waals surface area contributed by atoms with Crippen LogP contribution in [0.15, 0.2) is 53.4 Å². The van der Waals surface area contributed by atoms with Crippen LogP contribution in [0.4, 0.5) is 5.69 Å². The largest absolute Gasteiger partial charge is 0.340 e. The lowest BCUT2D eigenvalue weighted by Crippen LogP contribution is -2.51. The second-order valence-electron chi connectivity index (χ2n) is 7.60. The van der Waals surface area contributed by atoms with Gasteiger partial charge in [-0.25, -0.2) is 8.42 Å². The molecule has 0 unspecified atom stereocenters. The first kappa shape index (κ1) is 20.5. The van der Waals surface area contributed by atoms with Crippen molar-refractivity contribution in [2.24, 2.45) is 0 Å². The minimum Gasteiger partial charge on any atom is -0.340 e. The van der Waals surface area contributed by atoms with Crippen LogP contribution in [0.2, 0.25) is 0 Å². The third-order valence-corrected chi connectivity index (χ3v) is 7.84. The molecule has 0 aromatic heterocycles. The molecule has 1 atom stereocenters. The molecular weight excluding hydrogens is 406 g/mol. The van der Waals surface area contributed by atoms with Crippen molar-refractivity contribution < 1.29 is 18.1 Å². The summed E-state index contributed by atoms with van der Waals surface area (Å²) in [6, 6.07) is 13.4. The Morgan fingerprint density at radius 2 is 1.67 bits per heavy atom. The van der Waals surface area contributed by atoms with E-state index in [-0.39, 0.29) is 42.9 Å². The molecule has 1 saturated heterocycles. The number of nitro benzene ring substituents is 1. The number of amides is 1. The molecule has 0 bridgehead atoms. The van der Waals surface area contributed by atoms with Gasteiger partial charge in [-0.05, 0) is 36.5 Å². The standard InChI is InChI=1S/C21H23N3O5S/c25-21(18-9-5-7-16-6-1-2-8-17(16)18)22-12-14-23(15-13-22)30(28,29)20-11-4-3-10-19(20)24(26)27/h1-4,6,8,10-11,18H,5,7,9,12-15H2/t18-/m0/s1. The van der Waals surface area contributed by atoms with Crippen LogP contribution in [0.5, 0.6) is 0 Å². The smallest absolute Gasteiger partial charge is 0.289 e. The van der Waals surface area contributed by atoms with Gasteiger partial charge in [0.05, 0.1) is 10.8 Å². The first-order valence-electron chi connectivity index (χ1n) is 10.00. The van der Waals surface area contributed by atoms with Crippen molar-refractivity contribution in [3.05, 3.63) is 69.8 Å². The van der Waals surface area contributed by atoms with Gasteiger partial charge in [0.25, 0.3) is 5.69 Å². The number of fused-ring (bicyclic) bond motifs is 1. The Kier molecular flexibility index (Phi) is 5.57. The summed E-state index contributed by atoms with van der Waals surface area (Å²) in [6.07, 6.45) is 2.73. The van der Waals surface area contributed by atoms with Gasteiger partial charge in [0.15, 0.2) is 4.90 Å². The van der Waals surface area contributed by atoms with E-state index in [1.54, 1.807) is 4.90 Å². The van der Waals surface area contributed by atoms with Gasteiger partial charge >= 0.3 is 0 Å². The summed E-state index contributed by atoms with van der Waals surface area (Å²) in [7, 11) is -4.01. The number of benzene rings is 2. The van der Waals surface area contributed by atoms with E-state index in [0.717, 1.165) is 24.8 Å². The average Bonchev–Trinajstić information content (AvgIpc) is 2.78. The summed E-state index contributed by atoms with van der Waals surface area (Å²) in [4.78, 5) is 25.1. The molecule has 9 heteroatoms. The summed E-state index contributed by atoms with van der Waals surface area (Å²) in [5, 5.41) is 11.2. The third kappa shape index (κ3) is 3.70. The van der Waals surface area contributed by atoms with Crippen LogP contribution in [0, 0.1) is 10.1 Å². The van der Waals surface area contributed by atoms with Crippen LogP contribution in [-0.4, -0.2) is 54.6 Å². The highest BCUT2D eigenvalue weighted by Crippen LogP contribution is 2.33. The van der Waals surface area contributed by atoms with Crippen molar-refractivity contribution >= 4 is 21.6 Å². The lowest BCUT2D eigenvalue weighted by atomic mass is 9.82. The number of aryl methyl sites for hydroxylation is 1. The lowest BCUT2D eigenvalue weighted by molar-refractivity contribution is -0.387. The van der Waals surface area contributed by atoms with Crippen LogP contribution >= 0.6 is 0 Å². The van der Waals surface area contributed by atoms with Gasteiger partial charge in [0.1, 0.15) is 0 Å². The number of rotatable bonds is 4. The number of para-hydroxylation sites is 1. The van der Waals surface area contributed by atoms with Crippen molar-refractivity contribution in [1.82, 2.24) is 9.21 Å². The predicted molar refractivity (Wildman–Crippen MR) is 111 cm³/mol. The van der Waals surface area contributed by atoms with Crippen LogP contribution < -0.4 is 0 Å². The number of carbonyl (C=O) groups excluding carboxylic acids is 1. The van der Waals surface area contributed by atoms with Gasteiger partial charge in [-0.1, -0.05) is 36.4 Å². The zero-order valence-electron chi connectivity index (χ0n) is 16.4. The molecule has 30 heavy (non-hydrogen) atoms. The fraction of sp³-hybridized carbons (Fsp3) is 0.381. The van der Waals surface area contributed by atoms with Crippen LogP contribution in [0.3, 0.4) is 0 Å². The summed E-state index contributed by atoms with van der Waals surface area (Å²) >= 11 is 0. The molecule has 1 amide bonds. The fourth-order valence-electron chi connectivity index (χ4n) is 4.34. The van der Waals surface area contributed by atoms with Gasteiger partial charge in [0, 0.05) is 32.2 Å². The molecule has 0 spiro atoms. The zero-order chi connectivity index (χ0) is 21.3. The predicted octanol–water partition coefficient (Wildman–Crippen LogP) is 2.55. The number of nitrogens with zero attached hydrogens (tertiary/aromatic N) is 3. The van der Waals surface area contributed by atoms with E-state index >= 15 is 0 Å². The molecule has 0 N–H and O–H groups in total. The molecular formula is C21H23N3O5S. The molecule has 2 aromatic carbocycles. The summed E-state index contributed by atoms with van der Waals surface area (Å²) in [6.45, 7) is 0.789. The molecule has 2 aliphatic rings. The minimum atomic E-state index is -4.01. The Labute approximate surface area is 175 Å². The van der Waals surface area contributed by atoms with Gasteiger partial charge in [0.2, 0.25) is 15.9 Å². The number of hydrogen-bond acceptors (Lipinski definition) is 5. The molecule has 1 fully saturated rings. The van der Waals surface area contributed by atoms with Crippen LogP contribution in [0.1, 0.15) is 29.9 Å². The highest BCUT2D eigenvalue weighted by Gasteiger charge is 2.36. The van der Waals surface area contributed by atoms with E-state index in [4.69, 9.17) is 0 Å². The van der Waals surface area contributed by atoms with Crippen LogP contribution in [0.25, 0.3) is 0 Å². The normalized spacial score (nSPS) is 19.9. The quantitative estimate of drug-likeness (QED) is 0.549. The lowest BCUT2D eigenvalue weighted by Gasteiger charge is -2.37. The average molecular weight is 429 g/mol. The Morgan fingerprint density at radius 1 is 1.00 bits per heavy atom. The molecule has 1 aliphatic heterocycles. The number of sulfonamides is 1. The summed E-state index contributed by atoms with van der Waals surface area (Å²) in [5.74, 6) is -0.154. The van der Waals surface area contributed by atoms with Gasteiger partial charge in [-0.2, -0.15) is 4.31 Å². The van der Waals surface area contributed by atoms with E-state index in [0.29, 0.717) is 0 Å². The topological polar surface area (TPSA) is 101 Å². The molecule has 8 nitrogen and oxygen atoms in total. The van der Waals surface area contributed by atoms with Crippen molar-refractivity contribution in [3.63, 3.8) is 0 Å². The maximum Gasteiger partial charge on any atom is 0.289 e. The van der Waals surface area contributed by atoms with Gasteiger partial charge in [-0.15, -0.1) is 0 Å². The minimum absolute atomic E-state index is 0.0323. The number of carbonyl (C=O) groups is 1. The number of piperazine rings is 1. The number of nitro groups is 1. The Hall–Kier alpha value is -2.78. The first-order chi connectivity index (χ1) is 14.4. The summed E-state index contributed by atoms with van der Waals surface area (Å²) < 4.78 is 27.2. The van der Waals surface area contributed by atoms with Gasteiger partial charge in [-0.3, -0.25) is 14.9 Å². The highest BCUT2D eigenvalue weighted by atomic mass is 32.2. The second-order valence-corrected chi connectivity index (χ2v) is 9.50. The van der Waals surface area contributed by atoms with E-state index in [1.165, 1.54) is 34.1 Å². The molecule has 1 heterocycles. The van der Waals surface area contributed by atoms with Crippen molar-refractivity contribution in [2.75, 3.05) is 26.2 Å². The number of hydrogen-bond donors (Lipinski definition) is 0. The van der Waals surface area contributed by atoms with Crippen LogP contribution in [-0.2, 0) is 21.2 Å². The molecule has 0 saturated carbocycles. The van der Waals surface area contributed by atoms with Crippen molar-refractivity contribution in [3.8, 4) is 0 Å². The van der Waals surface area contributed by atoms with E-state index in [2.05, 4.69) is 6.07 Å². The first-order valence-corrected chi connectivity index (χ1v) is 11.4. The fourth-order valence-corrected chi connectivity index (χ4v) is 5.92. The maximum absolute atomic E-state index is 13.2. The Bertz CT molecular complexity index is 1080. The third-order valence-electron chi connectivity index (χ3n) is 5.90. The van der Waals surface area contributed by atoms with Crippen molar-refractivity contribution in [1.29, 1.82) is 0 Å². The Morgan fingerprint density at radius 3 is 2.40 bits per heavy atom. The second kappa shape index (κ2) is 8.16. The van der Waals surface area contributed by atoms with Crippen molar-refractivity contribution in [2.45, 2.75) is 30.1 Å².